The smallest absolute Gasteiger partial charge is 0.246 e. The summed E-state index contributed by atoms with van der Waals surface area (Å²) in [6, 6.07) is 0.400. The molecule has 2 nitrogen and oxygen atoms in total. The molecule has 1 aliphatic rings. The molecule has 0 N–H and O–H groups in total. The lowest BCUT2D eigenvalue weighted by Crippen LogP contribution is -2.45. The maximum Gasteiger partial charge on any atom is 0.246 e. The molecule has 1 heterocycles. The van der Waals surface area contributed by atoms with Crippen LogP contribution >= 0.6 is 0 Å². The number of allylic oxidation sites excluding steroid dienone is 1. The molecule has 1 saturated heterocycles. The molecule has 0 aromatic carbocycles. The highest BCUT2D eigenvalue weighted by molar-refractivity contribution is 5.87. The van der Waals surface area contributed by atoms with Crippen LogP contribution in [0.3, 0.4) is 0 Å². The number of carbonyl (C=O) groups is 1. The van der Waals surface area contributed by atoms with Crippen molar-refractivity contribution in [1.82, 2.24) is 4.90 Å². The molecule has 0 radical (unpaired) electrons. The molecule has 0 saturated carbocycles. The fourth-order valence-electron chi connectivity index (χ4n) is 1.88. The fourth-order valence-corrected chi connectivity index (χ4v) is 1.88. The van der Waals surface area contributed by atoms with Crippen molar-refractivity contribution in [3.05, 3.63) is 12.2 Å². The van der Waals surface area contributed by atoms with E-state index < -0.39 is 0 Å². The van der Waals surface area contributed by atoms with Crippen molar-refractivity contribution in [2.75, 3.05) is 6.54 Å². The third-order valence-electron chi connectivity index (χ3n) is 2.97. The molecule has 2 unspecified atom stereocenters. The van der Waals surface area contributed by atoms with Crippen molar-refractivity contribution in [3.8, 4) is 0 Å². The van der Waals surface area contributed by atoms with Gasteiger partial charge in [0.2, 0.25) is 5.91 Å². The average molecular weight is 181 g/mol. The molecule has 1 amide bonds. The predicted molar refractivity (Wildman–Crippen MR) is 54.4 cm³/mol. The number of nitrogens with zero attached hydrogens (tertiary/aromatic N) is 1. The highest BCUT2D eigenvalue weighted by Gasteiger charge is 2.26. The lowest BCUT2D eigenvalue weighted by Gasteiger charge is -2.37. The third-order valence-corrected chi connectivity index (χ3v) is 2.97. The quantitative estimate of drug-likeness (QED) is 0.568. The summed E-state index contributed by atoms with van der Waals surface area (Å²) in [6.07, 6.45) is 5.87. The van der Waals surface area contributed by atoms with E-state index in [0.717, 1.165) is 13.0 Å². The van der Waals surface area contributed by atoms with Crippen molar-refractivity contribution in [2.24, 2.45) is 5.92 Å². The minimum absolute atomic E-state index is 0.168. The summed E-state index contributed by atoms with van der Waals surface area (Å²) in [5, 5.41) is 0. The number of hydrogen-bond acceptors (Lipinski definition) is 1. The lowest BCUT2D eigenvalue weighted by molar-refractivity contribution is -0.130. The second kappa shape index (κ2) is 4.45. The Morgan fingerprint density at radius 3 is 2.77 bits per heavy atom. The summed E-state index contributed by atoms with van der Waals surface area (Å²) in [5.74, 6) is 0.810. The zero-order chi connectivity index (χ0) is 9.84. The second-order valence-corrected chi connectivity index (χ2v) is 3.89. The first-order valence-corrected chi connectivity index (χ1v) is 5.10. The standard InChI is InChI=1S/C11H19NO/c1-4-6-11(13)12-8-5-7-9(2)10(12)3/h4,6,9-10H,5,7-8H2,1-3H3. The monoisotopic (exact) mass is 181 g/mol. The molecule has 1 aliphatic heterocycles. The molecule has 74 valence electrons. The Morgan fingerprint density at radius 2 is 2.15 bits per heavy atom. The summed E-state index contributed by atoms with van der Waals surface area (Å²) in [4.78, 5) is 13.6. The van der Waals surface area contributed by atoms with Crippen molar-refractivity contribution in [3.63, 3.8) is 0 Å². The van der Waals surface area contributed by atoms with Gasteiger partial charge in [-0.1, -0.05) is 13.0 Å². The average Bonchev–Trinajstić information content (AvgIpc) is 2.10. The largest absolute Gasteiger partial charge is 0.336 e. The minimum Gasteiger partial charge on any atom is -0.336 e. The minimum atomic E-state index is 0.168. The molecule has 1 fully saturated rings. The van der Waals surface area contributed by atoms with Gasteiger partial charge >= 0.3 is 0 Å². The summed E-state index contributed by atoms with van der Waals surface area (Å²) >= 11 is 0. The maximum absolute atomic E-state index is 11.6. The molecule has 0 bridgehead atoms. The molecule has 0 aromatic rings. The molecule has 2 heteroatoms. The van der Waals surface area contributed by atoms with Crippen molar-refractivity contribution >= 4 is 5.91 Å². The van der Waals surface area contributed by atoms with E-state index in [2.05, 4.69) is 13.8 Å². The Hall–Kier alpha value is -0.790. The SMILES string of the molecule is CC=CC(=O)N1CCCC(C)C1C. The first-order chi connectivity index (χ1) is 6.16. The van der Waals surface area contributed by atoms with Gasteiger partial charge in [-0.15, -0.1) is 0 Å². The van der Waals surface area contributed by atoms with Gasteiger partial charge in [0.1, 0.15) is 0 Å². The van der Waals surface area contributed by atoms with E-state index >= 15 is 0 Å². The Morgan fingerprint density at radius 1 is 1.46 bits per heavy atom. The van der Waals surface area contributed by atoms with E-state index in [1.54, 1.807) is 6.08 Å². The molecule has 0 spiro atoms. The summed E-state index contributed by atoms with van der Waals surface area (Å²) in [6.45, 7) is 7.18. The van der Waals surface area contributed by atoms with Gasteiger partial charge in [0, 0.05) is 12.6 Å². The maximum atomic E-state index is 11.6. The van der Waals surface area contributed by atoms with Gasteiger partial charge in [-0.05, 0) is 38.7 Å². The molecular formula is C11H19NO. The van der Waals surface area contributed by atoms with Gasteiger partial charge in [-0.2, -0.15) is 0 Å². The van der Waals surface area contributed by atoms with Gasteiger partial charge in [0.15, 0.2) is 0 Å². The molecule has 13 heavy (non-hydrogen) atoms. The van der Waals surface area contributed by atoms with E-state index in [-0.39, 0.29) is 5.91 Å². The van der Waals surface area contributed by atoms with Crippen molar-refractivity contribution in [2.45, 2.75) is 39.7 Å². The third kappa shape index (κ3) is 2.33. The highest BCUT2D eigenvalue weighted by atomic mass is 16.2. The Labute approximate surface area is 80.6 Å². The molecule has 1 rings (SSSR count). The van der Waals surface area contributed by atoms with E-state index in [1.165, 1.54) is 6.42 Å². The summed E-state index contributed by atoms with van der Waals surface area (Å²) < 4.78 is 0. The van der Waals surface area contributed by atoms with Crippen LogP contribution in [0.4, 0.5) is 0 Å². The fraction of sp³-hybridized carbons (Fsp3) is 0.727. The van der Waals surface area contributed by atoms with Crippen LogP contribution in [0.5, 0.6) is 0 Å². The van der Waals surface area contributed by atoms with Crippen LogP contribution in [0.1, 0.15) is 33.6 Å². The number of amides is 1. The van der Waals surface area contributed by atoms with Crippen LogP contribution in [0.2, 0.25) is 0 Å². The first kappa shape index (κ1) is 10.3. The van der Waals surface area contributed by atoms with E-state index in [9.17, 15) is 4.79 Å². The molecule has 2 atom stereocenters. The van der Waals surface area contributed by atoms with E-state index in [4.69, 9.17) is 0 Å². The topological polar surface area (TPSA) is 20.3 Å². The number of likely N-dealkylation sites (tertiary alicyclic amines) is 1. The zero-order valence-electron chi connectivity index (χ0n) is 8.79. The van der Waals surface area contributed by atoms with Crippen molar-refractivity contribution in [1.29, 1.82) is 0 Å². The summed E-state index contributed by atoms with van der Waals surface area (Å²) in [7, 11) is 0. The van der Waals surface area contributed by atoms with Crippen LogP contribution in [-0.2, 0) is 4.79 Å². The van der Waals surface area contributed by atoms with Crippen LogP contribution in [-0.4, -0.2) is 23.4 Å². The molecule has 0 aromatic heterocycles. The Balaban J connectivity index is 2.62. The first-order valence-electron chi connectivity index (χ1n) is 5.10. The Bertz CT molecular complexity index is 210. The van der Waals surface area contributed by atoms with Gasteiger partial charge in [0.05, 0.1) is 0 Å². The second-order valence-electron chi connectivity index (χ2n) is 3.89. The summed E-state index contributed by atoms with van der Waals surface area (Å²) in [5.41, 5.74) is 0. The van der Waals surface area contributed by atoms with Crippen molar-refractivity contribution < 1.29 is 4.79 Å². The van der Waals surface area contributed by atoms with Gasteiger partial charge < -0.3 is 4.90 Å². The van der Waals surface area contributed by atoms with Gasteiger partial charge in [-0.25, -0.2) is 0 Å². The van der Waals surface area contributed by atoms with Crippen LogP contribution < -0.4 is 0 Å². The van der Waals surface area contributed by atoms with Crippen LogP contribution in [0.25, 0.3) is 0 Å². The van der Waals surface area contributed by atoms with E-state index in [1.807, 2.05) is 17.9 Å². The van der Waals surface area contributed by atoms with E-state index in [0.29, 0.717) is 12.0 Å². The highest BCUT2D eigenvalue weighted by Crippen LogP contribution is 2.22. The normalized spacial score (nSPS) is 29.6. The van der Waals surface area contributed by atoms with Crippen LogP contribution in [0, 0.1) is 5.92 Å². The lowest BCUT2D eigenvalue weighted by atomic mass is 9.92. The predicted octanol–water partition coefficient (Wildman–Crippen LogP) is 2.21. The number of carbonyl (C=O) groups excluding carboxylic acids is 1. The van der Waals surface area contributed by atoms with Gasteiger partial charge in [0.25, 0.3) is 0 Å². The molecular weight excluding hydrogens is 162 g/mol. The van der Waals surface area contributed by atoms with Crippen LogP contribution in [0.15, 0.2) is 12.2 Å². The Kier molecular flexibility index (Phi) is 3.52. The van der Waals surface area contributed by atoms with Gasteiger partial charge in [-0.3, -0.25) is 4.79 Å². The number of hydrogen-bond donors (Lipinski definition) is 0. The molecule has 0 aliphatic carbocycles. The number of rotatable bonds is 1. The number of piperidine rings is 1. The zero-order valence-corrected chi connectivity index (χ0v) is 8.79.